The molecule has 8 heteroatoms. The number of nitrogens with zero attached hydrogens (tertiary/aromatic N) is 3. The molecule has 0 amide bonds. The second-order valence-electron chi connectivity index (χ2n) is 5.52. The summed E-state index contributed by atoms with van der Waals surface area (Å²) < 4.78 is 13.3. The topological polar surface area (TPSA) is 64.4 Å². The monoisotopic (exact) mass is 388 g/mol. The van der Waals surface area contributed by atoms with Crippen molar-refractivity contribution < 1.29 is 9.47 Å². The van der Waals surface area contributed by atoms with Crippen LogP contribution in [0.4, 0.5) is 0 Å². The van der Waals surface area contributed by atoms with Gasteiger partial charge in [0.05, 0.1) is 13.3 Å². The van der Waals surface area contributed by atoms with Crippen molar-refractivity contribution in [1.82, 2.24) is 14.9 Å². The van der Waals surface area contributed by atoms with Crippen LogP contribution in [0.1, 0.15) is 16.7 Å². The summed E-state index contributed by atoms with van der Waals surface area (Å²) in [5.74, 6) is 1.52. The van der Waals surface area contributed by atoms with E-state index in [1.165, 1.54) is 11.0 Å². The van der Waals surface area contributed by atoms with Crippen LogP contribution in [0.5, 0.6) is 11.5 Å². The molecule has 3 rings (SSSR count). The molecule has 0 spiro atoms. The van der Waals surface area contributed by atoms with Gasteiger partial charge in [-0.2, -0.15) is 14.9 Å². The van der Waals surface area contributed by atoms with Crippen molar-refractivity contribution in [2.24, 2.45) is 5.10 Å². The number of rotatable bonds is 6. The Hall–Kier alpha value is -2.64. The van der Waals surface area contributed by atoms with Crippen molar-refractivity contribution in [2.75, 3.05) is 7.11 Å². The maximum atomic E-state index is 5.98. The number of aryl methyl sites for hydroxylation is 1. The zero-order valence-corrected chi connectivity index (χ0v) is 15.8. The van der Waals surface area contributed by atoms with Crippen molar-refractivity contribution in [3.63, 3.8) is 0 Å². The zero-order chi connectivity index (χ0) is 18.5. The summed E-state index contributed by atoms with van der Waals surface area (Å²) in [6, 6.07) is 11.3. The van der Waals surface area contributed by atoms with E-state index in [4.69, 9.17) is 33.3 Å². The minimum absolute atomic E-state index is 0.360. The van der Waals surface area contributed by atoms with Crippen LogP contribution in [0.2, 0.25) is 5.02 Å². The number of methoxy groups -OCH3 is 1. The minimum atomic E-state index is 0.360. The fourth-order valence-electron chi connectivity index (χ4n) is 2.38. The lowest BCUT2D eigenvalue weighted by atomic mass is 10.1. The molecule has 0 saturated heterocycles. The third kappa shape index (κ3) is 4.30. The van der Waals surface area contributed by atoms with Crippen LogP contribution in [0.3, 0.4) is 0 Å². The summed E-state index contributed by atoms with van der Waals surface area (Å²) in [5.41, 5.74) is 2.77. The number of benzene rings is 2. The second kappa shape index (κ2) is 8.16. The van der Waals surface area contributed by atoms with Crippen molar-refractivity contribution in [3.05, 3.63) is 69.2 Å². The average molecular weight is 389 g/mol. The fraction of sp³-hybridized carbons (Fsp3) is 0.167. The molecule has 0 bridgehead atoms. The Morgan fingerprint density at radius 2 is 2.08 bits per heavy atom. The normalized spacial score (nSPS) is 11.0. The molecule has 0 fully saturated rings. The van der Waals surface area contributed by atoms with Crippen LogP contribution < -0.4 is 9.47 Å². The highest BCUT2D eigenvalue weighted by Gasteiger charge is 2.07. The van der Waals surface area contributed by atoms with E-state index in [1.807, 2.05) is 37.3 Å². The maximum absolute atomic E-state index is 5.98. The van der Waals surface area contributed by atoms with E-state index in [0.717, 1.165) is 28.2 Å². The molecule has 1 heterocycles. The molecule has 3 aromatic rings. The van der Waals surface area contributed by atoms with Crippen LogP contribution in [0.25, 0.3) is 0 Å². The number of aromatic nitrogens is 3. The minimum Gasteiger partial charge on any atom is -0.496 e. The molecule has 134 valence electrons. The van der Waals surface area contributed by atoms with Crippen molar-refractivity contribution in [2.45, 2.75) is 13.5 Å². The Labute approximate surface area is 161 Å². The van der Waals surface area contributed by atoms with Gasteiger partial charge < -0.3 is 9.47 Å². The SMILES string of the molecule is COc1ccc(C=Nn2cn[nH]c2=S)cc1COc1ccc(Cl)cc1C. The highest BCUT2D eigenvalue weighted by atomic mass is 35.5. The number of hydrogen-bond donors (Lipinski definition) is 1. The summed E-state index contributed by atoms with van der Waals surface area (Å²) in [6.45, 7) is 2.31. The first kappa shape index (κ1) is 18.2. The molecule has 0 aliphatic carbocycles. The Morgan fingerprint density at radius 1 is 1.27 bits per heavy atom. The third-order valence-corrected chi connectivity index (χ3v) is 4.20. The van der Waals surface area contributed by atoms with Crippen molar-refractivity contribution in [3.8, 4) is 11.5 Å². The van der Waals surface area contributed by atoms with Gasteiger partial charge in [-0.25, -0.2) is 0 Å². The van der Waals surface area contributed by atoms with E-state index in [9.17, 15) is 0 Å². The first-order valence-corrected chi connectivity index (χ1v) is 8.57. The molecular weight excluding hydrogens is 372 g/mol. The molecule has 1 aromatic heterocycles. The van der Waals surface area contributed by atoms with Crippen LogP contribution in [-0.4, -0.2) is 28.2 Å². The number of halogens is 1. The Bertz CT molecular complexity index is 997. The molecular formula is C18H17ClN4O2S. The van der Waals surface area contributed by atoms with E-state index >= 15 is 0 Å². The van der Waals surface area contributed by atoms with Crippen LogP contribution in [-0.2, 0) is 6.61 Å². The molecule has 0 aliphatic rings. The smallest absolute Gasteiger partial charge is 0.216 e. The van der Waals surface area contributed by atoms with E-state index in [0.29, 0.717) is 16.4 Å². The summed E-state index contributed by atoms with van der Waals surface area (Å²) in [6.07, 6.45) is 3.21. The lowest BCUT2D eigenvalue weighted by Gasteiger charge is -2.13. The number of H-pyrrole nitrogens is 1. The third-order valence-electron chi connectivity index (χ3n) is 3.69. The van der Waals surface area contributed by atoms with Gasteiger partial charge in [-0.3, -0.25) is 5.10 Å². The largest absolute Gasteiger partial charge is 0.496 e. The summed E-state index contributed by atoms with van der Waals surface area (Å²) in [5, 5.41) is 11.4. The van der Waals surface area contributed by atoms with Crippen molar-refractivity contribution in [1.29, 1.82) is 0 Å². The molecule has 6 nitrogen and oxygen atoms in total. The number of ether oxygens (including phenoxy) is 2. The summed E-state index contributed by atoms with van der Waals surface area (Å²) >= 11 is 11.0. The van der Waals surface area contributed by atoms with Crippen molar-refractivity contribution >= 4 is 30.0 Å². The van der Waals surface area contributed by atoms with Crippen LogP contribution in [0, 0.1) is 11.7 Å². The molecule has 26 heavy (non-hydrogen) atoms. The molecule has 0 atom stereocenters. The Morgan fingerprint density at radius 3 is 2.77 bits per heavy atom. The lowest BCUT2D eigenvalue weighted by molar-refractivity contribution is 0.295. The Kier molecular flexibility index (Phi) is 5.70. The predicted molar refractivity (Wildman–Crippen MR) is 104 cm³/mol. The van der Waals surface area contributed by atoms with E-state index in [1.54, 1.807) is 19.4 Å². The van der Waals surface area contributed by atoms with Crippen LogP contribution in [0.15, 0.2) is 47.8 Å². The number of nitrogens with one attached hydrogen (secondary N) is 1. The summed E-state index contributed by atoms with van der Waals surface area (Å²) in [4.78, 5) is 0. The lowest BCUT2D eigenvalue weighted by Crippen LogP contribution is -2.01. The molecule has 2 aromatic carbocycles. The van der Waals surface area contributed by atoms with Crippen LogP contribution >= 0.6 is 23.8 Å². The average Bonchev–Trinajstić information content (AvgIpc) is 3.04. The summed E-state index contributed by atoms with van der Waals surface area (Å²) in [7, 11) is 1.63. The van der Waals surface area contributed by atoms with Gasteiger partial charge in [0.1, 0.15) is 24.4 Å². The first-order chi connectivity index (χ1) is 12.6. The highest BCUT2D eigenvalue weighted by molar-refractivity contribution is 7.71. The van der Waals surface area contributed by atoms with Gasteiger partial charge in [0.25, 0.3) is 0 Å². The maximum Gasteiger partial charge on any atom is 0.216 e. The molecule has 0 saturated carbocycles. The van der Waals surface area contributed by atoms with Gasteiger partial charge in [-0.15, -0.1) is 0 Å². The number of hydrogen-bond acceptors (Lipinski definition) is 5. The van der Waals surface area contributed by atoms with Gasteiger partial charge >= 0.3 is 0 Å². The first-order valence-electron chi connectivity index (χ1n) is 7.79. The quantitative estimate of drug-likeness (QED) is 0.503. The second-order valence-corrected chi connectivity index (χ2v) is 6.34. The van der Waals surface area contributed by atoms with Gasteiger partial charge in [0.15, 0.2) is 0 Å². The molecule has 1 N–H and O–H groups in total. The van der Waals surface area contributed by atoms with Gasteiger partial charge in [-0.1, -0.05) is 11.6 Å². The van der Waals surface area contributed by atoms with Gasteiger partial charge in [-0.05, 0) is 66.7 Å². The number of aromatic amines is 1. The predicted octanol–water partition coefficient (Wildman–Crippen LogP) is 4.37. The standard InChI is InChI=1S/C18H17ClN4O2S/c1-12-7-15(19)4-6-16(12)25-10-14-8-13(3-5-17(14)24-2)9-21-23-11-20-22-18(23)26/h3-9,11H,10H2,1-2H3,(H,22,26). The molecule has 0 unspecified atom stereocenters. The Balaban J connectivity index is 1.80. The van der Waals surface area contributed by atoms with E-state index in [2.05, 4.69) is 15.3 Å². The highest BCUT2D eigenvalue weighted by Crippen LogP contribution is 2.25. The fourth-order valence-corrected chi connectivity index (χ4v) is 2.75. The van der Waals surface area contributed by atoms with Gasteiger partial charge in [0.2, 0.25) is 4.77 Å². The van der Waals surface area contributed by atoms with E-state index in [-0.39, 0.29) is 0 Å². The molecule has 0 aliphatic heterocycles. The molecule has 0 radical (unpaired) electrons. The van der Waals surface area contributed by atoms with Gasteiger partial charge in [0, 0.05) is 10.6 Å². The van der Waals surface area contributed by atoms with E-state index < -0.39 is 0 Å². The zero-order valence-electron chi connectivity index (χ0n) is 14.3.